The van der Waals surface area contributed by atoms with Crippen molar-refractivity contribution in [2.75, 3.05) is 4.90 Å². The lowest BCUT2D eigenvalue weighted by Gasteiger charge is -2.21. The van der Waals surface area contributed by atoms with Crippen LogP contribution in [-0.4, -0.2) is 5.91 Å². The first kappa shape index (κ1) is 16.7. The van der Waals surface area contributed by atoms with Crippen molar-refractivity contribution in [3.63, 3.8) is 0 Å². The number of carbonyl (C=O) groups excluding carboxylic acids is 1. The Morgan fingerprint density at radius 1 is 0.889 bits per heavy atom. The van der Waals surface area contributed by atoms with E-state index in [1.807, 2.05) is 78.9 Å². The SMILES string of the molecule is O=C(C#Cc1ccccc1)N(Cc1ccoc1)c1cccc2ccccc12. The van der Waals surface area contributed by atoms with Crippen LogP contribution in [0.1, 0.15) is 11.1 Å². The third-order valence-corrected chi connectivity index (χ3v) is 4.31. The van der Waals surface area contributed by atoms with Crippen LogP contribution in [0.4, 0.5) is 5.69 Å². The predicted octanol–water partition coefficient (Wildman–Crippen LogP) is 5.02. The molecule has 1 amide bonds. The van der Waals surface area contributed by atoms with Gasteiger partial charge < -0.3 is 4.42 Å². The van der Waals surface area contributed by atoms with Crippen molar-refractivity contribution in [1.29, 1.82) is 0 Å². The van der Waals surface area contributed by atoms with Gasteiger partial charge in [0.15, 0.2) is 0 Å². The molecule has 0 spiro atoms. The number of hydrogen-bond acceptors (Lipinski definition) is 2. The van der Waals surface area contributed by atoms with Gasteiger partial charge in [-0.25, -0.2) is 0 Å². The Kier molecular flexibility index (Phi) is 4.72. The van der Waals surface area contributed by atoms with Gasteiger partial charge in [0.25, 0.3) is 0 Å². The quantitative estimate of drug-likeness (QED) is 0.486. The van der Waals surface area contributed by atoms with E-state index in [2.05, 4.69) is 11.8 Å². The number of hydrogen-bond donors (Lipinski definition) is 0. The Labute approximate surface area is 157 Å². The fourth-order valence-corrected chi connectivity index (χ4v) is 2.99. The summed E-state index contributed by atoms with van der Waals surface area (Å²) in [5.74, 6) is 5.49. The van der Waals surface area contributed by atoms with E-state index in [9.17, 15) is 4.79 Å². The largest absolute Gasteiger partial charge is 0.472 e. The van der Waals surface area contributed by atoms with Crippen molar-refractivity contribution in [2.24, 2.45) is 0 Å². The second kappa shape index (κ2) is 7.63. The van der Waals surface area contributed by atoms with Crippen molar-refractivity contribution < 1.29 is 9.21 Å². The molecule has 0 N–H and O–H groups in total. The summed E-state index contributed by atoms with van der Waals surface area (Å²) >= 11 is 0. The molecule has 0 saturated heterocycles. The topological polar surface area (TPSA) is 33.5 Å². The van der Waals surface area contributed by atoms with E-state index in [0.717, 1.165) is 27.6 Å². The average Bonchev–Trinajstić information content (AvgIpc) is 3.24. The van der Waals surface area contributed by atoms with Crippen LogP contribution in [0, 0.1) is 11.8 Å². The summed E-state index contributed by atoms with van der Waals surface area (Å²) in [5.41, 5.74) is 2.56. The highest BCUT2D eigenvalue weighted by atomic mass is 16.3. The standard InChI is InChI=1S/C24H17NO2/c26-24(14-13-19-7-2-1-3-8-19)25(17-20-15-16-27-18-20)23-12-6-10-21-9-4-5-11-22(21)23/h1-12,15-16,18H,17H2. The zero-order valence-corrected chi connectivity index (χ0v) is 14.6. The maximum atomic E-state index is 13.0. The van der Waals surface area contributed by atoms with Crippen molar-refractivity contribution in [3.8, 4) is 11.8 Å². The molecular formula is C24H17NO2. The number of fused-ring (bicyclic) bond motifs is 1. The molecule has 1 aromatic heterocycles. The van der Waals surface area contributed by atoms with Crippen LogP contribution in [0.3, 0.4) is 0 Å². The van der Waals surface area contributed by atoms with Gasteiger partial charge >= 0.3 is 5.91 Å². The van der Waals surface area contributed by atoms with Gasteiger partial charge in [-0.15, -0.1) is 0 Å². The highest BCUT2D eigenvalue weighted by Gasteiger charge is 2.17. The van der Waals surface area contributed by atoms with Crippen molar-refractivity contribution in [3.05, 3.63) is 103 Å². The molecule has 27 heavy (non-hydrogen) atoms. The molecule has 4 aromatic rings. The minimum Gasteiger partial charge on any atom is -0.472 e. The Morgan fingerprint density at radius 3 is 2.48 bits per heavy atom. The molecule has 0 fully saturated rings. The molecule has 0 aliphatic carbocycles. The number of anilines is 1. The molecule has 130 valence electrons. The summed E-state index contributed by atoms with van der Waals surface area (Å²) in [7, 11) is 0. The Balaban J connectivity index is 1.75. The lowest BCUT2D eigenvalue weighted by atomic mass is 10.1. The highest BCUT2D eigenvalue weighted by Crippen LogP contribution is 2.28. The number of benzene rings is 3. The zero-order chi connectivity index (χ0) is 18.5. The van der Waals surface area contributed by atoms with E-state index in [-0.39, 0.29) is 5.91 Å². The van der Waals surface area contributed by atoms with Gasteiger partial charge in [0, 0.05) is 22.4 Å². The number of furan rings is 1. The third kappa shape index (κ3) is 3.75. The molecular weight excluding hydrogens is 334 g/mol. The number of rotatable bonds is 3. The molecule has 0 bridgehead atoms. The number of carbonyl (C=O) groups is 1. The van der Waals surface area contributed by atoms with E-state index >= 15 is 0 Å². The number of amides is 1. The van der Waals surface area contributed by atoms with Crippen molar-refractivity contribution in [1.82, 2.24) is 0 Å². The van der Waals surface area contributed by atoms with E-state index in [1.165, 1.54) is 0 Å². The predicted molar refractivity (Wildman–Crippen MR) is 107 cm³/mol. The molecule has 0 atom stereocenters. The monoisotopic (exact) mass is 351 g/mol. The molecule has 4 rings (SSSR count). The second-order valence-corrected chi connectivity index (χ2v) is 6.14. The van der Waals surface area contributed by atoms with Gasteiger partial charge in [0.05, 0.1) is 24.8 Å². The van der Waals surface area contributed by atoms with Gasteiger partial charge in [-0.3, -0.25) is 9.69 Å². The van der Waals surface area contributed by atoms with Crippen LogP contribution in [0.15, 0.2) is 95.8 Å². The Bertz CT molecular complexity index is 1110. The van der Waals surface area contributed by atoms with Gasteiger partial charge in [-0.2, -0.15) is 0 Å². The average molecular weight is 351 g/mol. The molecule has 3 nitrogen and oxygen atoms in total. The lowest BCUT2D eigenvalue weighted by Crippen LogP contribution is -2.29. The fraction of sp³-hybridized carbons (Fsp3) is 0.0417. The fourth-order valence-electron chi connectivity index (χ4n) is 2.99. The summed E-state index contributed by atoms with van der Waals surface area (Å²) in [6, 6.07) is 25.3. The maximum absolute atomic E-state index is 13.0. The summed E-state index contributed by atoms with van der Waals surface area (Å²) < 4.78 is 5.17. The maximum Gasteiger partial charge on any atom is 0.303 e. The van der Waals surface area contributed by atoms with Crippen molar-refractivity contribution >= 4 is 22.4 Å². The van der Waals surface area contributed by atoms with E-state index < -0.39 is 0 Å². The Morgan fingerprint density at radius 2 is 1.67 bits per heavy atom. The smallest absolute Gasteiger partial charge is 0.303 e. The van der Waals surface area contributed by atoms with E-state index in [4.69, 9.17) is 4.42 Å². The second-order valence-electron chi connectivity index (χ2n) is 6.14. The lowest BCUT2D eigenvalue weighted by molar-refractivity contribution is -0.113. The van der Waals surface area contributed by atoms with Gasteiger partial charge in [0.2, 0.25) is 0 Å². The first-order valence-electron chi connectivity index (χ1n) is 8.69. The first-order chi connectivity index (χ1) is 13.3. The number of nitrogens with zero attached hydrogens (tertiary/aromatic N) is 1. The molecule has 0 aliphatic heterocycles. The van der Waals surface area contributed by atoms with Crippen molar-refractivity contribution in [2.45, 2.75) is 6.54 Å². The normalized spacial score (nSPS) is 10.2. The van der Waals surface area contributed by atoms with Crippen LogP contribution in [0.2, 0.25) is 0 Å². The zero-order valence-electron chi connectivity index (χ0n) is 14.6. The van der Waals surface area contributed by atoms with Gasteiger partial charge in [0.1, 0.15) is 0 Å². The van der Waals surface area contributed by atoms with E-state index in [0.29, 0.717) is 6.54 Å². The third-order valence-electron chi connectivity index (χ3n) is 4.31. The van der Waals surface area contributed by atoms with Crippen LogP contribution in [-0.2, 0) is 11.3 Å². The summed E-state index contributed by atoms with van der Waals surface area (Å²) in [6.07, 6.45) is 3.26. The minimum atomic E-state index is -0.253. The molecule has 0 aliphatic rings. The van der Waals surface area contributed by atoms with Gasteiger partial charge in [-0.1, -0.05) is 60.5 Å². The summed E-state index contributed by atoms with van der Waals surface area (Å²) in [6.45, 7) is 0.396. The van der Waals surface area contributed by atoms with Crippen LogP contribution in [0.5, 0.6) is 0 Å². The Hall–Kier alpha value is -3.77. The summed E-state index contributed by atoms with van der Waals surface area (Å²) in [5, 5.41) is 2.09. The van der Waals surface area contributed by atoms with Crippen LogP contribution in [0.25, 0.3) is 10.8 Å². The molecule has 1 heterocycles. The molecule has 3 heteroatoms. The van der Waals surface area contributed by atoms with E-state index in [1.54, 1.807) is 17.4 Å². The first-order valence-corrected chi connectivity index (χ1v) is 8.69. The molecule has 3 aromatic carbocycles. The van der Waals surface area contributed by atoms with Crippen LogP contribution < -0.4 is 4.90 Å². The minimum absolute atomic E-state index is 0.253. The van der Waals surface area contributed by atoms with Crippen LogP contribution >= 0.6 is 0 Å². The molecule has 0 saturated carbocycles. The summed E-state index contributed by atoms with van der Waals surface area (Å²) in [4.78, 5) is 14.7. The highest BCUT2D eigenvalue weighted by molar-refractivity contribution is 6.10. The molecule has 0 unspecified atom stereocenters. The van der Waals surface area contributed by atoms with Gasteiger partial charge in [-0.05, 0) is 29.7 Å². The molecule has 0 radical (unpaired) electrons.